The average Bonchev–Trinajstić information content (AvgIpc) is 2.35. The fourth-order valence-corrected chi connectivity index (χ4v) is 2.27. The SMILES string of the molecule is C[C@H](Cc1ccc(F)cc1)NN1CCN(C)CC1. The van der Waals surface area contributed by atoms with Crippen molar-refractivity contribution in [3.05, 3.63) is 35.6 Å². The molecule has 0 saturated carbocycles. The molecule has 3 nitrogen and oxygen atoms in total. The minimum Gasteiger partial charge on any atom is -0.304 e. The minimum atomic E-state index is -0.168. The van der Waals surface area contributed by atoms with Crippen molar-refractivity contribution in [1.82, 2.24) is 15.3 Å². The van der Waals surface area contributed by atoms with Gasteiger partial charge < -0.3 is 4.90 Å². The molecule has 1 atom stereocenters. The predicted octanol–water partition coefficient (Wildman–Crippen LogP) is 1.51. The fraction of sp³-hybridized carbons (Fsp3) is 0.571. The van der Waals surface area contributed by atoms with E-state index in [-0.39, 0.29) is 5.82 Å². The van der Waals surface area contributed by atoms with Crippen LogP contribution in [0.1, 0.15) is 12.5 Å². The quantitative estimate of drug-likeness (QED) is 0.875. The number of nitrogens with zero attached hydrogens (tertiary/aromatic N) is 2. The summed E-state index contributed by atoms with van der Waals surface area (Å²) in [5.41, 5.74) is 4.69. The number of benzene rings is 1. The van der Waals surface area contributed by atoms with Crippen LogP contribution < -0.4 is 5.43 Å². The number of hydrogen-bond acceptors (Lipinski definition) is 3. The van der Waals surface area contributed by atoms with E-state index in [2.05, 4.69) is 29.3 Å². The molecule has 0 amide bonds. The van der Waals surface area contributed by atoms with Crippen LogP contribution in [0.2, 0.25) is 0 Å². The summed E-state index contributed by atoms with van der Waals surface area (Å²) in [4.78, 5) is 2.34. The van der Waals surface area contributed by atoms with Gasteiger partial charge in [0, 0.05) is 32.2 Å². The van der Waals surface area contributed by atoms with Gasteiger partial charge in [-0.25, -0.2) is 9.40 Å². The normalized spacial score (nSPS) is 19.9. The fourth-order valence-electron chi connectivity index (χ4n) is 2.27. The average molecular weight is 251 g/mol. The smallest absolute Gasteiger partial charge is 0.123 e. The van der Waals surface area contributed by atoms with E-state index in [1.807, 2.05) is 12.1 Å². The van der Waals surface area contributed by atoms with E-state index >= 15 is 0 Å². The Balaban J connectivity index is 1.78. The van der Waals surface area contributed by atoms with E-state index in [1.165, 1.54) is 17.7 Å². The third-order valence-electron chi connectivity index (χ3n) is 3.36. The van der Waals surface area contributed by atoms with Crippen molar-refractivity contribution in [3.8, 4) is 0 Å². The van der Waals surface area contributed by atoms with Gasteiger partial charge in [0.05, 0.1) is 0 Å². The second-order valence-corrected chi connectivity index (χ2v) is 5.15. The molecule has 100 valence electrons. The van der Waals surface area contributed by atoms with E-state index in [0.717, 1.165) is 32.6 Å². The van der Waals surface area contributed by atoms with E-state index < -0.39 is 0 Å². The van der Waals surface area contributed by atoms with Gasteiger partial charge in [-0.3, -0.25) is 5.43 Å². The Morgan fingerprint density at radius 2 is 1.78 bits per heavy atom. The van der Waals surface area contributed by atoms with Crippen LogP contribution in [0.5, 0.6) is 0 Å². The van der Waals surface area contributed by atoms with E-state index in [0.29, 0.717) is 6.04 Å². The maximum absolute atomic E-state index is 12.8. The lowest BCUT2D eigenvalue weighted by Gasteiger charge is -2.34. The molecule has 1 heterocycles. The highest BCUT2D eigenvalue weighted by molar-refractivity contribution is 5.16. The monoisotopic (exact) mass is 251 g/mol. The Kier molecular flexibility index (Phi) is 4.69. The summed E-state index contributed by atoms with van der Waals surface area (Å²) >= 11 is 0. The first-order valence-electron chi connectivity index (χ1n) is 6.57. The molecule has 1 aliphatic rings. The van der Waals surface area contributed by atoms with Gasteiger partial charge in [0.1, 0.15) is 5.82 Å². The van der Waals surface area contributed by atoms with Crippen molar-refractivity contribution in [3.63, 3.8) is 0 Å². The van der Waals surface area contributed by atoms with Gasteiger partial charge in [0.2, 0.25) is 0 Å². The summed E-state index contributed by atoms with van der Waals surface area (Å²) in [6, 6.07) is 7.14. The van der Waals surface area contributed by atoms with Crippen LogP contribution >= 0.6 is 0 Å². The molecule has 0 aliphatic carbocycles. The summed E-state index contributed by atoms with van der Waals surface area (Å²) in [6.07, 6.45) is 0.923. The third kappa shape index (κ3) is 4.05. The molecule has 0 unspecified atom stereocenters. The van der Waals surface area contributed by atoms with Gasteiger partial charge in [-0.15, -0.1) is 0 Å². The predicted molar refractivity (Wildman–Crippen MR) is 71.8 cm³/mol. The van der Waals surface area contributed by atoms with Gasteiger partial charge in [-0.1, -0.05) is 12.1 Å². The van der Waals surface area contributed by atoms with Crippen molar-refractivity contribution < 1.29 is 4.39 Å². The van der Waals surface area contributed by atoms with Crippen LogP contribution in [-0.2, 0) is 6.42 Å². The summed E-state index contributed by atoms with van der Waals surface area (Å²) in [7, 11) is 2.15. The number of halogens is 1. The van der Waals surface area contributed by atoms with Crippen LogP contribution in [0, 0.1) is 5.82 Å². The Morgan fingerprint density at radius 1 is 1.17 bits per heavy atom. The Labute approximate surface area is 109 Å². The lowest BCUT2D eigenvalue weighted by Crippen LogP contribution is -2.53. The van der Waals surface area contributed by atoms with Crippen LogP contribution in [0.25, 0.3) is 0 Å². The van der Waals surface area contributed by atoms with Gasteiger partial charge in [0.25, 0.3) is 0 Å². The van der Waals surface area contributed by atoms with E-state index in [4.69, 9.17) is 0 Å². The number of likely N-dealkylation sites (N-methyl/N-ethyl adjacent to an activating group) is 1. The Morgan fingerprint density at radius 3 is 2.39 bits per heavy atom. The molecule has 18 heavy (non-hydrogen) atoms. The zero-order valence-electron chi connectivity index (χ0n) is 11.2. The molecule has 1 saturated heterocycles. The number of hydrogen-bond donors (Lipinski definition) is 1. The number of nitrogens with one attached hydrogen (secondary N) is 1. The van der Waals surface area contributed by atoms with Crippen molar-refractivity contribution in [2.45, 2.75) is 19.4 Å². The largest absolute Gasteiger partial charge is 0.304 e. The Hall–Kier alpha value is -0.970. The summed E-state index contributed by atoms with van der Waals surface area (Å²) in [5.74, 6) is -0.168. The zero-order valence-corrected chi connectivity index (χ0v) is 11.2. The molecule has 1 aromatic rings. The van der Waals surface area contributed by atoms with Crippen molar-refractivity contribution >= 4 is 0 Å². The highest BCUT2D eigenvalue weighted by Gasteiger charge is 2.15. The first kappa shape index (κ1) is 13.5. The molecule has 1 aliphatic heterocycles. The molecule has 0 bridgehead atoms. The highest BCUT2D eigenvalue weighted by atomic mass is 19.1. The molecule has 2 rings (SSSR count). The lowest BCUT2D eigenvalue weighted by atomic mass is 10.1. The topological polar surface area (TPSA) is 18.5 Å². The molecular formula is C14H22FN3. The third-order valence-corrected chi connectivity index (χ3v) is 3.36. The molecule has 4 heteroatoms. The van der Waals surface area contributed by atoms with Crippen LogP contribution in [0.3, 0.4) is 0 Å². The van der Waals surface area contributed by atoms with Gasteiger partial charge in [0.15, 0.2) is 0 Å². The van der Waals surface area contributed by atoms with Gasteiger partial charge in [-0.05, 0) is 38.1 Å². The van der Waals surface area contributed by atoms with Gasteiger partial charge >= 0.3 is 0 Å². The van der Waals surface area contributed by atoms with Crippen molar-refractivity contribution in [1.29, 1.82) is 0 Å². The highest BCUT2D eigenvalue weighted by Crippen LogP contribution is 2.06. The first-order valence-corrected chi connectivity index (χ1v) is 6.57. The van der Waals surface area contributed by atoms with Crippen molar-refractivity contribution in [2.24, 2.45) is 0 Å². The second-order valence-electron chi connectivity index (χ2n) is 5.15. The first-order chi connectivity index (χ1) is 8.63. The summed E-state index contributed by atoms with van der Waals surface area (Å²) in [5, 5.41) is 2.29. The van der Waals surface area contributed by atoms with Crippen LogP contribution in [-0.4, -0.2) is 49.2 Å². The molecule has 0 radical (unpaired) electrons. The summed E-state index contributed by atoms with van der Waals surface area (Å²) < 4.78 is 12.8. The number of rotatable bonds is 4. The maximum atomic E-state index is 12.8. The molecule has 0 spiro atoms. The number of hydrazine groups is 1. The van der Waals surface area contributed by atoms with E-state index in [1.54, 1.807) is 0 Å². The molecule has 1 N–H and O–H groups in total. The van der Waals surface area contributed by atoms with Crippen LogP contribution in [0.4, 0.5) is 4.39 Å². The van der Waals surface area contributed by atoms with E-state index in [9.17, 15) is 4.39 Å². The molecule has 0 aromatic heterocycles. The molecule has 1 aromatic carbocycles. The maximum Gasteiger partial charge on any atom is 0.123 e. The van der Waals surface area contributed by atoms with Crippen molar-refractivity contribution in [2.75, 3.05) is 33.2 Å². The standard InChI is InChI=1S/C14H22FN3/c1-12(11-13-3-5-14(15)6-4-13)16-18-9-7-17(2)8-10-18/h3-6,12,16H,7-11H2,1-2H3/t12-/m1/s1. The Bertz CT molecular complexity index is 358. The molecular weight excluding hydrogens is 229 g/mol. The summed E-state index contributed by atoms with van der Waals surface area (Å²) in [6.45, 7) is 6.50. The van der Waals surface area contributed by atoms with Gasteiger partial charge in [-0.2, -0.15) is 0 Å². The number of piperazine rings is 1. The zero-order chi connectivity index (χ0) is 13.0. The van der Waals surface area contributed by atoms with Crippen LogP contribution in [0.15, 0.2) is 24.3 Å². The minimum absolute atomic E-state index is 0.168. The molecule has 1 fully saturated rings. The second kappa shape index (κ2) is 6.27. The lowest BCUT2D eigenvalue weighted by molar-refractivity contribution is 0.0899.